The van der Waals surface area contributed by atoms with Crippen molar-refractivity contribution < 1.29 is 8.78 Å². The molecule has 0 fully saturated rings. The summed E-state index contributed by atoms with van der Waals surface area (Å²) in [7, 11) is 0. The molecule has 0 aliphatic rings. The summed E-state index contributed by atoms with van der Waals surface area (Å²) in [5, 5.41) is 11.6. The molecule has 0 aromatic heterocycles. The topological polar surface area (TPSA) is 35.8 Å². The van der Waals surface area contributed by atoms with E-state index in [4.69, 9.17) is 16.9 Å². The summed E-state index contributed by atoms with van der Waals surface area (Å²) in [6.07, 6.45) is 0. The standard InChI is InChI=1S/C13H6BrClF2N2/c14-12-8(15)2-1-3-11(12)19-13-9(16)4-7(6-18)5-10(13)17/h1-5,19H. The zero-order valence-corrected chi connectivity index (χ0v) is 11.7. The summed E-state index contributed by atoms with van der Waals surface area (Å²) in [5.74, 6) is -1.69. The Kier molecular flexibility index (Phi) is 4.03. The van der Waals surface area contributed by atoms with Crippen LogP contribution in [0, 0.1) is 23.0 Å². The number of rotatable bonds is 2. The van der Waals surface area contributed by atoms with Crippen molar-refractivity contribution in [3.63, 3.8) is 0 Å². The fraction of sp³-hybridized carbons (Fsp3) is 0. The maximum absolute atomic E-state index is 13.7. The molecule has 96 valence electrons. The Hall–Kier alpha value is -1.64. The minimum atomic E-state index is -0.844. The summed E-state index contributed by atoms with van der Waals surface area (Å²) in [5.41, 5.74) is 0.0164. The lowest BCUT2D eigenvalue weighted by molar-refractivity contribution is 0.590. The van der Waals surface area contributed by atoms with Gasteiger partial charge in [0, 0.05) is 0 Å². The first-order valence-corrected chi connectivity index (χ1v) is 6.30. The Bertz CT molecular complexity index is 660. The third-order valence-corrected chi connectivity index (χ3v) is 3.78. The van der Waals surface area contributed by atoms with Crippen molar-refractivity contribution in [1.29, 1.82) is 5.26 Å². The number of nitrogens with one attached hydrogen (secondary N) is 1. The van der Waals surface area contributed by atoms with Crippen LogP contribution in [0.25, 0.3) is 0 Å². The molecule has 2 rings (SSSR count). The molecule has 0 aliphatic carbocycles. The SMILES string of the molecule is N#Cc1cc(F)c(Nc2cccc(Cl)c2Br)c(F)c1. The normalized spacial score (nSPS) is 10.1. The molecule has 2 aromatic rings. The quantitative estimate of drug-likeness (QED) is 0.833. The summed E-state index contributed by atoms with van der Waals surface area (Å²) >= 11 is 9.11. The number of nitriles is 1. The van der Waals surface area contributed by atoms with Crippen molar-refractivity contribution in [3.05, 3.63) is 57.0 Å². The highest BCUT2D eigenvalue weighted by Crippen LogP contribution is 2.33. The minimum absolute atomic E-state index is 0.0780. The van der Waals surface area contributed by atoms with Crippen LogP contribution in [0.3, 0.4) is 0 Å². The van der Waals surface area contributed by atoms with Gasteiger partial charge in [-0.05, 0) is 40.2 Å². The molecule has 0 heterocycles. The Morgan fingerprint density at radius 1 is 1.21 bits per heavy atom. The van der Waals surface area contributed by atoms with E-state index in [0.717, 1.165) is 12.1 Å². The predicted octanol–water partition coefficient (Wildman–Crippen LogP) is 5.00. The summed E-state index contributed by atoms with van der Waals surface area (Å²) in [6.45, 7) is 0. The van der Waals surface area contributed by atoms with E-state index in [2.05, 4.69) is 21.2 Å². The molecule has 0 unspecified atom stereocenters. The molecule has 6 heteroatoms. The molecule has 0 bridgehead atoms. The van der Waals surface area contributed by atoms with Crippen LogP contribution >= 0.6 is 27.5 Å². The van der Waals surface area contributed by atoms with Gasteiger partial charge in [-0.25, -0.2) is 8.78 Å². The molecular weight excluding hydrogens is 338 g/mol. The third kappa shape index (κ3) is 2.86. The minimum Gasteiger partial charge on any atom is -0.350 e. The average molecular weight is 344 g/mol. The predicted molar refractivity (Wildman–Crippen MR) is 73.5 cm³/mol. The van der Waals surface area contributed by atoms with Crippen LogP contribution in [0.15, 0.2) is 34.8 Å². The Balaban J connectivity index is 2.45. The molecule has 2 nitrogen and oxygen atoms in total. The maximum atomic E-state index is 13.7. The molecule has 0 spiro atoms. The fourth-order valence-electron chi connectivity index (χ4n) is 1.49. The van der Waals surface area contributed by atoms with E-state index >= 15 is 0 Å². The monoisotopic (exact) mass is 342 g/mol. The lowest BCUT2D eigenvalue weighted by atomic mass is 10.2. The van der Waals surface area contributed by atoms with Crippen LogP contribution in [-0.2, 0) is 0 Å². The number of hydrogen-bond donors (Lipinski definition) is 1. The number of halogens is 4. The van der Waals surface area contributed by atoms with Gasteiger partial charge in [0.15, 0.2) is 11.6 Å². The second-order valence-corrected chi connectivity index (χ2v) is 4.85. The fourth-order valence-corrected chi connectivity index (χ4v) is 2.03. The van der Waals surface area contributed by atoms with Crippen LogP contribution in [0.2, 0.25) is 5.02 Å². The van der Waals surface area contributed by atoms with Crippen molar-refractivity contribution in [3.8, 4) is 6.07 Å². The second-order valence-electron chi connectivity index (χ2n) is 3.65. The highest BCUT2D eigenvalue weighted by atomic mass is 79.9. The highest BCUT2D eigenvalue weighted by Gasteiger charge is 2.13. The molecule has 1 N–H and O–H groups in total. The number of nitrogens with zero attached hydrogens (tertiary/aromatic N) is 1. The van der Waals surface area contributed by atoms with Crippen LogP contribution < -0.4 is 5.32 Å². The molecule has 0 saturated heterocycles. The van der Waals surface area contributed by atoms with E-state index in [-0.39, 0.29) is 11.3 Å². The lowest BCUT2D eigenvalue weighted by Crippen LogP contribution is -1.99. The van der Waals surface area contributed by atoms with Gasteiger partial charge in [-0.2, -0.15) is 5.26 Å². The first kappa shape index (κ1) is 13.8. The summed E-state index contributed by atoms with van der Waals surface area (Å²) < 4.78 is 27.9. The van der Waals surface area contributed by atoms with Crippen molar-refractivity contribution in [2.75, 3.05) is 5.32 Å². The van der Waals surface area contributed by atoms with Gasteiger partial charge >= 0.3 is 0 Å². The largest absolute Gasteiger partial charge is 0.350 e. The van der Waals surface area contributed by atoms with Crippen LogP contribution in [-0.4, -0.2) is 0 Å². The number of hydrogen-bond acceptors (Lipinski definition) is 2. The van der Waals surface area contributed by atoms with Crippen molar-refractivity contribution in [1.82, 2.24) is 0 Å². The van der Waals surface area contributed by atoms with Gasteiger partial charge in [-0.3, -0.25) is 0 Å². The molecule has 0 saturated carbocycles. The van der Waals surface area contributed by atoms with E-state index < -0.39 is 11.6 Å². The van der Waals surface area contributed by atoms with E-state index in [0.29, 0.717) is 15.2 Å². The second kappa shape index (κ2) is 5.55. The summed E-state index contributed by atoms with van der Waals surface area (Å²) in [4.78, 5) is 0. The van der Waals surface area contributed by atoms with E-state index in [1.54, 1.807) is 24.3 Å². The van der Waals surface area contributed by atoms with Crippen molar-refractivity contribution >= 4 is 38.9 Å². The molecule has 0 amide bonds. The first-order valence-electron chi connectivity index (χ1n) is 5.13. The van der Waals surface area contributed by atoms with Gasteiger partial charge in [0.25, 0.3) is 0 Å². The van der Waals surface area contributed by atoms with Gasteiger partial charge in [-0.15, -0.1) is 0 Å². The van der Waals surface area contributed by atoms with E-state index in [9.17, 15) is 8.78 Å². The van der Waals surface area contributed by atoms with Gasteiger partial charge in [0.2, 0.25) is 0 Å². The van der Waals surface area contributed by atoms with Gasteiger partial charge < -0.3 is 5.32 Å². The number of anilines is 2. The zero-order valence-electron chi connectivity index (χ0n) is 9.35. The smallest absolute Gasteiger partial charge is 0.150 e. The van der Waals surface area contributed by atoms with Crippen molar-refractivity contribution in [2.45, 2.75) is 0 Å². The van der Waals surface area contributed by atoms with E-state index in [1.165, 1.54) is 0 Å². The Labute approximate surface area is 121 Å². The Morgan fingerprint density at radius 3 is 2.42 bits per heavy atom. The van der Waals surface area contributed by atoms with Gasteiger partial charge in [-0.1, -0.05) is 17.7 Å². The summed E-state index contributed by atoms with van der Waals surface area (Å²) in [6, 6.07) is 8.51. The zero-order chi connectivity index (χ0) is 14.0. The van der Waals surface area contributed by atoms with Crippen LogP contribution in [0.1, 0.15) is 5.56 Å². The van der Waals surface area contributed by atoms with Gasteiger partial charge in [0.05, 0.1) is 26.8 Å². The van der Waals surface area contributed by atoms with Crippen LogP contribution in [0.5, 0.6) is 0 Å². The Morgan fingerprint density at radius 2 is 1.84 bits per heavy atom. The molecule has 0 aliphatic heterocycles. The van der Waals surface area contributed by atoms with Gasteiger partial charge in [0.1, 0.15) is 5.69 Å². The molecule has 0 radical (unpaired) electrons. The van der Waals surface area contributed by atoms with Crippen molar-refractivity contribution in [2.24, 2.45) is 0 Å². The van der Waals surface area contributed by atoms with Crippen LogP contribution in [0.4, 0.5) is 20.2 Å². The number of benzene rings is 2. The highest BCUT2D eigenvalue weighted by molar-refractivity contribution is 9.10. The van der Waals surface area contributed by atoms with E-state index in [1.807, 2.05) is 0 Å². The maximum Gasteiger partial charge on any atom is 0.150 e. The molecule has 0 atom stereocenters. The third-order valence-electron chi connectivity index (χ3n) is 2.38. The average Bonchev–Trinajstić information content (AvgIpc) is 2.38. The lowest BCUT2D eigenvalue weighted by Gasteiger charge is -2.11. The first-order chi connectivity index (χ1) is 9.02. The molecule has 2 aromatic carbocycles. The molecule has 19 heavy (non-hydrogen) atoms. The molecular formula is C13H6BrClF2N2.